The molecule has 0 N–H and O–H groups in total. The van der Waals surface area contributed by atoms with Gasteiger partial charge in [0, 0.05) is 17.1 Å². The van der Waals surface area contributed by atoms with Crippen LogP contribution in [0.4, 0.5) is 17.1 Å². The zero-order valence-electron chi connectivity index (χ0n) is 41.4. The number of nitrogens with zero attached hydrogens (tertiary/aromatic N) is 1. The molecule has 75 heavy (non-hydrogen) atoms. The maximum atomic E-state index is 2.49. The molecule has 1 aliphatic carbocycles. The van der Waals surface area contributed by atoms with Gasteiger partial charge in [-0.25, -0.2) is 0 Å². The summed E-state index contributed by atoms with van der Waals surface area (Å²) in [6.07, 6.45) is 0. The highest BCUT2D eigenvalue weighted by atomic mass is 28.3. The molecule has 2 heteroatoms. The van der Waals surface area contributed by atoms with Crippen LogP contribution in [-0.4, -0.2) is 8.07 Å². The topological polar surface area (TPSA) is 3.24 Å². The van der Waals surface area contributed by atoms with Gasteiger partial charge in [-0.15, -0.1) is 0 Å². The van der Waals surface area contributed by atoms with Crippen molar-refractivity contribution in [2.75, 3.05) is 4.90 Å². The van der Waals surface area contributed by atoms with Gasteiger partial charge >= 0.3 is 0 Å². The van der Waals surface area contributed by atoms with Crippen LogP contribution in [0.15, 0.2) is 309 Å². The number of benzene rings is 12. The fraction of sp³-hybridized carbons (Fsp3) is 0.0137. The number of rotatable bonds is 10. The van der Waals surface area contributed by atoms with E-state index in [2.05, 4.69) is 314 Å². The summed E-state index contributed by atoms with van der Waals surface area (Å²) in [5.74, 6) is 0. The molecule has 0 spiro atoms. The average molecular weight is 970 g/mol. The highest BCUT2D eigenvalue weighted by molar-refractivity contribution is 7.22. The Kier molecular flexibility index (Phi) is 10.8. The summed E-state index contributed by atoms with van der Waals surface area (Å²) in [6, 6.07) is 115. The molecular weight excluding hydrogens is 919 g/mol. The first-order valence-corrected chi connectivity index (χ1v) is 28.1. The van der Waals surface area contributed by atoms with Gasteiger partial charge in [0.1, 0.15) is 0 Å². The molecule has 352 valence electrons. The smallest absolute Gasteiger partial charge is 0.180 e. The minimum atomic E-state index is -2.67. The molecule has 0 bridgehead atoms. The second-order valence-corrected chi connectivity index (χ2v) is 23.7. The van der Waals surface area contributed by atoms with E-state index >= 15 is 0 Å². The third-order valence-electron chi connectivity index (χ3n) is 16.0. The molecule has 0 amide bonds. The van der Waals surface area contributed by atoms with E-state index in [1.807, 2.05) is 0 Å². The second-order valence-electron chi connectivity index (χ2n) is 19.9. The van der Waals surface area contributed by atoms with Crippen LogP contribution in [0, 0.1) is 0 Å². The van der Waals surface area contributed by atoms with Crippen molar-refractivity contribution in [3.8, 4) is 55.6 Å². The molecule has 0 unspecified atom stereocenters. The first kappa shape index (κ1) is 44.4. The van der Waals surface area contributed by atoms with Gasteiger partial charge in [0.2, 0.25) is 0 Å². The highest BCUT2D eigenvalue weighted by Crippen LogP contribution is 2.56. The lowest BCUT2D eigenvalue weighted by molar-refractivity contribution is 0.768. The zero-order valence-corrected chi connectivity index (χ0v) is 42.4. The van der Waals surface area contributed by atoms with Gasteiger partial charge in [-0.2, -0.15) is 0 Å². The van der Waals surface area contributed by atoms with Crippen molar-refractivity contribution >= 4 is 45.9 Å². The molecule has 0 saturated heterocycles. The van der Waals surface area contributed by atoms with Gasteiger partial charge in [-0.3, -0.25) is 0 Å². The monoisotopic (exact) mass is 969 g/mol. The lowest BCUT2D eigenvalue weighted by Crippen LogP contribution is -2.72. The Balaban J connectivity index is 0.959. The molecule has 1 nitrogen and oxygen atoms in total. The van der Waals surface area contributed by atoms with Crippen molar-refractivity contribution in [1.82, 2.24) is 0 Å². The third-order valence-corrected chi connectivity index (χ3v) is 20.9. The number of hydrogen-bond donors (Lipinski definition) is 0. The van der Waals surface area contributed by atoms with Crippen molar-refractivity contribution in [2.45, 2.75) is 5.41 Å². The molecule has 0 aromatic heterocycles. The third kappa shape index (κ3) is 7.13. The van der Waals surface area contributed by atoms with Gasteiger partial charge < -0.3 is 4.90 Å². The first-order valence-electron chi connectivity index (χ1n) is 26.1. The van der Waals surface area contributed by atoms with Crippen molar-refractivity contribution in [3.63, 3.8) is 0 Å². The van der Waals surface area contributed by atoms with Crippen molar-refractivity contribution in [1.29, 1.82) is 0 Å². The summed E-state index contributed by atoms with van der Waals surface area (Å²) in [5.41, 5.74) is 20.1. The Labute approximate surface area is 441 Å². The lowest BCUT2D eigenvalue weighted by Gasteiger charge is -2.35. The van der Waals surface area contributed by atoms with E-state index in [4.69, 9.17) is 0 Å². The molecule has 1 heterocycles. The maximum absolute atomic E-state index is 2.67. The van der Waals surface area contributed by atoms with Gasteiger partial charge in [0.05, 0.1) is 5.41 Å². The predicted molar refractivity (Wildman–Crippen MR) is 317 cm³/mol. The largest absolute Gasteiger partial charge is 0.310 e. The van der Waals surface area contributed by atoms with E-state index in [0.29, 0.717) is 0 Å². The molecule has 12 aromatic rings. The Morgan fingerprint density at radius 3 is 1.27 bits per heavy atom. The molecule has 0 radical (unpaired) electrons. The fourth-order valence-corrected chi connectivity index (χ4v) is 18.0. The fourth-order valence-electron chi connectivity index (χ4n) is 12.8. The van der Waals surface area contributed by atoms with Crippen LogP contribution in [0.2, 0.25) is 0 Å². The summed E-state index contributed by atoms with van der Waals surface area (Å²) in [4.78, 5) is 2.47. The van der Waals surface area contributed by atoms with Gasteiger partial charge in [-0.1, -0.05) is 267 Å². The van der Waals surface area contributed by atoms with Crippen molar-refractivity contribution in [3.05, 3.63) is 332 Å². The van der Waals surface area contributed by atoms with Crippen LogP contribution in [0.1, 0.15) is 22.3 Å². The van der Waals surface area contributed by atoms with Gasteiger partial charge in [0.15, 0.2) is 8.07 Å². The normalized spacial score (nSPS) is 13.3. The number of hydrogen-bond acceptors (Lipinski definition) is 1. The number of anilines is 3. The molecule has 14 rings (SSSR count). The van der Waals surface area contributed by atoms with Crippen molar-refractivity contribution < 1.29 is 0 Å². The average Bonchev–Trinajstić information content (AvgIpc) is 4.00. The first-order chi connectivity index (χ1) is 37.2. The Morgan fingerprint density at radius 1 is 0.240 bits per heavy atom. The standard InChI is InChI=1S/C73H51NSi/c1-5-23-52(24-6-1)56-47-57(53-25-7-2-8-26-53)49-62(48-56)74(61-31-22-30-59(51-61)73(58-28-9-3-10-29-58)69-39-17-13-35-65(69)66-36-14-18-40-70(66)73)60-45-43-54(44-46-60)55-27-21-34-64(50-55)75(63-32-11-4-12-33-63)71-41-19-15-37-67(71)68-38-16-20-42-72(68)75/h1-51H. The molecule has 0 atom stereocenters. The van der Waals surface area contributed by atoms with E-state index in [1.54, 1.807) is 0 Å². The van der Waals surface area contributed by atoms with Gasteiger partial charge in [-0.05, 0) is 141 Å². The minimum Gasteiger partial charge on any atom is -0.310 e. The second kappa shape index (κ2) is 18.3. The van der Waals surface area contributed by atoms with Crippen LogP contribution in [-0.2, 0) is 5.41 Å². The van der Waals surface area contributed by atoms with E-state index < -0.39 is 13.5 Å². The van der Waals surface area contributed by atoms with Crippen LogP contribution < -0.4 is 25.6 Å². The van der Waals surface area contributed by atoms with Crippen LogP contribution in [0.5, 0.6) is 0 Å². The highest BCUT2D eigenvalue weighted by Gasteiger charge is 2.49. The molecule has 0 saturated carbocycles. The van der Waals surface area contributed by atoms with E-state index in [1.165, 1.54) is 87.5 Å². The molecule has 2 aliphatic rings. The minimum absolute atomic E-state index is 0.549. The number of fused-ring (bicyclic) bond motifs is 6. The summed E-state index contributed by atoms with van der Waals surface area (Å²) in [5, 5.41) is 5.70. The van der Waals surface area contributed by atoms with Gasteiger partial charge in [0.25, 0.3) is 0 Å². The lowest BCUT2D eigenvalue weighted by atomic mass is 9.67. The van der Waals surface area contributed by atoms with Crippen LogP contribution >= 0.6 is 0 Å². The molecule has 12 aromatic carbocycles. The maximum Gasteiger partial charge on any atom is 0.180 e. The van der Waals surface area contributed by atoms with Crippen LogP contribution in [0.3, 0.4) is 0 Å². The molecule has 0 fully saturated rings. The SMILES string of the molecule is c1ccc(-c2cc(-c3ccccc3)cc(N(c3ccc(-c4cccc([Si]5(c6ccccc6)c6ccccc6-c6ccccc65)c4)cc3)c3cccc(C4(c5ccccc5)c5ccccc5-c5ccccc54)c3)c2)cc1. The summed E-state index contributed by atoms with van der Waals surface area (Å²) >= 11 is 0. The Bertz CT molecular complexity index is 3900. The zero-order chi connectivity index (χ0) is 49.8. The summed E-state index contributed by atoms with van der Waals surface area (Å²) < 4.78 is 0. The van der Waals surface area contributed by atoms with Crippen LogP contribution in [0.25, 0.3) is 55.6 Å². The Hall–Kier alpha value is -9.34. The summed E-state index contributed by atoms with van der Waals surface area (Å²) in [6.45, 7) is 0. The van der Waals surface area contributed by atoms with E-state index in [9.17, 15) is 0 Å². The molecule has 1 aliphatic heterocycles. The Morgan fingerprint density at radius 2 is 0.680 bits per heavy atom. The van der Waals surface area contributed by atoms with E-state index in [0.717, 1.165) is 28.2 Å². The quantitative estimate of drug-likeness (QED) is 0.123. The van der Waals surface area contributed by atoms with E-state index in [-0.39, 0.29) is 0 Å². The van der Waals surface area contributed by atoms with Crippen molar-refractivity contribution in [2.24, 2.45) is 0 Å². The predicted octanol–water partition coefficient (Wildman–Crippen LogP) is 15.9. The molecular formula is C73H51NSi. The summed E-state index contributed by atoms with van der Waals surface area (Å²) in [7, 11) is -2.67.